The number of nitrogens with two attached hydrogens (primary N) is 1. The minimum absolute atomic E-state index is 0.0131. The van der Waals surface area contributed by atoms with Crippen LogP contribution in [0.4, 0.5) is 9.59 Å². The monoisotopic (exact) mass is 1980 g/mol. The molecular formula is C105H175N15O17S2. The highest BCUT2D eigenvalue weighted by Crippen LogP contribution is 2.36. The molecule has 18 atom stereocenters. The largest absolute Gasteiger partial charge is 0.480 e. The number of hydrogen-bond donors (Lipinski definition) is 4. The molecule has 8 amide bonds. The van der Waals surface area contributed by atoms with Gasteiger partial charge in [0.25, 0.3) is 0 Å². The molecule has 5 N–H and O–H groups in total. The first-order chi connectivity index (χ1) is 65.6. The number of thiazole rings is 2. The van der Waals surface area contributed by atoms with Crippen LogP contribution in [-0.2, 0) is 79.6 Å². The maximum atomic E-state index is 14.8. The normalized spacial score (nSPS) is 19.3. The van der Waals surface area contributed by atoms with Crippen molar-refractivity contribution in [2.75, 3.05) is 148 Å². The molecule has 2 aromatic heterocycles. The van der Waals surface area contributed by atoms with Gasteiger partial charge in [-0.1, -0.05) is 170 Å². The highest BCUT2D eigenvalue weighted by Gasteiger charge is 2.47. The van der Waals surface area contributed by atoms with Gasteiger partial charge in [-0.25, -0.2) is 19.6 Å². The van der Waals surface area contributed by atoms with Crippen molar-refractivity contribution in [1.29, 1.82) is 0 Å². The Morgan fingerprint density at radius 3 is 1.17 bits per heavy atom. The van der Waals surface area contributed by atoms with E-state index < -0.39 is 77.5 Å². The molecule has 6 heterocycles. The number of aliphatic carboxylic acids is 1. The highest BCUT2D eigenvalue weighted by atomic mass is 32.1. The summed E-state index contributed by atoms with van der Waals surface area (Å²) < 4.78 is 35.1. The van der Waals surface area contributed by atoms with Crippen molar-refractivity contribution in [3.05, 3.63) is 105 Å². The summed E-state index contributed by atoms with van der Waals surface area (Å²) in [6, 6.07) is 16.6. The number of hydrogen-bond acceptors (Lipinski definition) is 25. The van der Waals surface area contributed by atoms with E-state index in [1.165, 1.54) is 22.7 Å². The molecule has 4 aliphatic heterocycles. The molecule has 4 aromatic rings. The second kappa shape index (κ2) is 58.0. The Balaban J connectivity index is 0.000000361. The van der Waals surface area contributed by atoms with E-state index in [9.17, 15) is 53.1 Å². The van der Waals surface area contributed by atoms with E-state index >= 15 is 0 Å². The third-order valence-electron chi connectivity index (χ3n) is 28.1. The summed E-state index contributed by atoms with van der Waals surface area (Å²) in [6.07, 6.45) is 6.78. The van der Waals surface area contributed by atoms with E-state index in [1.807, 2.05) is 197 Å². The van der Waals surface area contributed by atoms with Crippen molar-refractivity contribution < 1.29 is 81.5 Å². The first-order valence-electron chi connectivity index (χ1n) is 50.6. The average Bonchev–Trinajstić information content (AvgIpc) is 1.66. The molecule has 0 aliphatic carbocycles. The van der Waals surface area contributed by atoms with Crippen LogP contribution in [0.3, 0.4) is 0 Å². The van der Waals surface area contributed by atoms with Crippen LogP contribution in [0, 0.1) is 53.3 Å². The van der Waals surface area contributed by atoms with Crippen molar-refractivity contribution in [2.24, 2.45) is 59.0 Å². The van der Waals surface area contributed by atoms with E-state index in [-0.39, 0.29) is 144 Å². The lowest BCUT2D eigenvalue weighted by Crippen LogP contribution is -2.56. The second-order valence-electron chi connectivity index (χ2n) is 42.0. The van der Waals surface area contributed by atoms with E-state index in [4.69, 9.17) is 34.2 Å². The third-order valence-corrected chi connectivity index (χ3v) is 29.9. The van der Waals surface area contributed by atoms with Crippen LogP contribution < -0.4 is 16.4 Å². The van der Waals surface area contributed by atoms with E-state index in [0.29, 0.717) is 71.6 Å². The zero-order valence-electron chi connectivity index (χ0n) is 89.2. The number of likely N-dealkylation sites (tertiary alicyclic amines) is 2. The first kappa shape index (κ1) is 120. The van der Waals surface area contributed by atoms with Gasteiger partial charge in [-0.2, -0.15) is 0 Å². The number of carbonyl (C=O) groups excluding carboxylic acids is 9. The Labute approximate surface area is 839 Å². The van der Waals surface area contributed by atoms with Gasteiger partial charge in [-0.05, 0) is 141 Å². The molecule has 784 valence electrons. The van der Waals surface area contributed by atoms with Gasteiger partial charge in [0.05, 0.1) is 97.4 Å². The number of nitrogens with one attached hydrogen (secondary N) is 2. The van der Waals surface area contributed by atoms with Crippen molar-refractivity contribution in [1.82, 2.24) is 69.6 Å². The molecule has 0 spiro atoms. The summed E-state index contributed by atoms with van der Waals surface area (Å²) in [7, 11) is 13.8. The molecule has 32 nitrogen and oxygen atoms in total. The smallest absolute Gasteiger partial charge is 0.410 e. The SMILES string of the molecule is CC(C)[C@@H](C(=O)O)N(C)CCN1CCN(C(=O)OC(C)(C)C)CC1.CC[C@H](C)[C@@H]([C@@H](CC(=O)N1CCC[C@H]1[C@H](OC)[C@@H](C)C(=O)N[C@@H](Cc1ccccc1)c1nccs1)OC)N(C)C(=O)[C@@H](CC(=O)[C@H](C(C)C)N(C)CCN1CCN(C(=O)OC(C)(C)C)CC1)C(C)C.CC[C@H](C)[C@@H]([C@@H](CC(=O)N1CCC[C@H]1[C@H](OC)[C@@H](C)C(=O)N[C@@H](Cc1ccccc1)c1nccs1)OC)N(C)C(=O)[C@@H](N)C(C)C. The topological polar surface area (TPSA) is 355 Å². The quantitative estimate of drug-likeness (QED) is 0.0319. The fraction of sp³-hybridized carbons (Fsp3) is 0.733. The van der Waals surface area contributed by atoms with Gasteiger partial charge in [0.15, 0.2) is 5.78 Å². The van der Waals surface area contributed by atoms with Gasteiger partial charge in [0.1, 0.15) is 27.3 Å². The minimum atomic E-state index is -0.776. The number of rotatable bonds is 48. The number of carboxylic acids is 1. The van der Waals surface area contributed by atoms with Gasteiger partial charge in [0, 0.05) is 170 Å². The number of piperazine rings is 2. The number of ether oxygens (including phenoxy) is 6. The second-order valence-corrected chi connectivity index (χ2v) is 43.9. The first-order valence-corrected chi connectivity index (χ1v) is 52.4. The molecule has 4 aliphatic rings. The van der Waals surface area contributed by atoms with Gasteiger partial charge < -0.3 is 79.3 Å². The Morgan fingerprint density at radius 1 is 0.489 bits per heavy atom. The minimum Gasteiger partial charge on any atom is -0.480 e. The number of likely N-dealkylation sites (N-methyl/N-ethyl adjacent to an activating group) is 4. The van der Waals surface area contributed by atoms with Crippen molar-refractivity contribution in [2.45, 2.75) is 299 Å². The van der Waals surface area contributed by atoms with Crippen LogP contribution in [0.2, 0.25) is 0 Å². The maximum absolute atomic E-state index is 14.8. The van der Waals surface area contributed by atoms with Crippen LogP contribution in [0.1, 0.15) is 229 Å². The number of amides is 8. The third kappa shape index (κ3) is 36.3. The molecule has 34 heteroatoms. The lowest BCUT2D eigenvalue weighted by molar-refractivity contribution is -0.149. The fourth-order valence-corrected chi connectivity index (χ4v) is 21.2. The van der Waals surface area contributed by atoms with E-state index in [0.717, 1.165) is 92.5 Å². The number of methoxy groups -OCH3 is 4. The Morgan fingerprint density at radius 2 is 0.856 bits per heavy atom. The predicted molar refractivity (Wildman–Crippen MR) is 548 cm³/mol. The van der Waals surface area contributed by atoms with E-state index in [1.54, 1.807) is 74.5 Å². The molecule has 2 aromatic carbocycles. The summed E-state index contributed by atoms with van der Waals surface area (Å²) >= 11 is 3.02. The number of ketones is 1. The van der Waals surface area contributed by atoms with Crippen molar-refractivity contribution in [3.63, 3.8) is 0 Å². The van der Waals surface area contributed by atoms with Crippen LogP contribution in [0.25, 0.3) is 0 Å². The Bertz CT molecular complexity index is 4340. The predicted octanol–water partition coefficient (Wildman–Crippen LogP) is 13.2. The average molecular weight is 1980 g/mol. The van der Waals surface area contributed by atoms with Gasteiger partial charge in [-0.15, -0.1) is 22.7 Å². The fourth-order valence-electron chi connectivity index (χ4n) is 19.8. The van der Waals surface area contributed by atoms with E-state index in [2.05, 4.69) is 76.8 Å². The van der Waals surface area contributed by atoms with Crippen molar-refractivity contribution in [3.8, 4) is 0 Å². The summed E-state index contributed by atoms with van der Waals surface area (Å²) in [5.41, 5.74) is 7.42. The number of aromatic nitrogens is 2. The van der Waals surface area contributed by atoms with Crippen molar-refractivity contribution >= 4 is 82.1 Å². The molecule has 0 radical (unpaired) electrons. The number of Topliss-reactive ketones (excluding diaryl/α,β-unsaturated/α-hetero) is 1. The highest BCUT2D eigenvalue weighted by molar-refractivity contribution is 7.09. The molecule has 4 saturated heterocycles. The van der Waals surface area contributed by atoms with Crippen LogP contribution in [-0.4, -0.2) is 350 Å². The number of nitrogens with zero attached hydrogens (tertiary/aromatic N) is 12. The molecule has 8 rings (SSSR count). The Hall–Kier alpha value is -8.16. The number of benzene rings is 2. The van der Waals surface area contributed by atoms with Gasteiger partial charge in [-0.3, -0.25) is 58.0 Å². The standard InChI is InChI=1S/C53H87N7O8S.C35H55N5O5S.C17H33N3O4/c1-15-37(6)47(57(12)51(64)40(35(2)3)33-43(61)46(36(4)5)56(11)25-26-58-27-29-59(30-28-58)52(65)68-53(8,9)10)44(66-13)34-45(62)60-24-19-22-42(60)48(67-14)38(7)49(63)55-41(50-54-23-31-69-50)32-39-20-17-16-18-21-39;1-9-23(4)31(39(6)35(43)30(36)22(2)3)28(44-7)21-29(41)40-18-13-16-27(40)32(45-8)24(5)33(42)38-26(34-37-17-19-46-34)20-25-14-11-10-12-15-25;1-13(2)14(15(21)22)18(6)7-8-19-9-11-20(12-10-19)16(23)24-17(3,4)5/h16-18,20-21,23,31,35-38,40-42,44,46-48H,15,19,22,24-30,32-34H2,1-14H3,(H,55,63);10-12,14-15,17,19,22-24,26-28,30-32H,9,13,16,18,20-21,36H2,1-8H3,(H,38,42);13-14H,7-12H2,1-6H3,(H,21,22)/t37-,38+,40-,41-,42-,44+,46-,47-,48+;23-,24+,26-,27-,28+,30-,31-,32+;14-/m000/s1. The summed E-state index contributed by atoms with van der Waals surface area (Å²) in [6.45, 7) is 48.5. The summed E-state index contributed by atoms with van der Waals surface area (Å²) in [4.78, 5) is 163. The molecule has 4 fully saturated rings. The van der Waals surface area contributed by atoms with Crippen LogP contribution in [0.5, 0.6) is 0 Å². The zero-order valence-corrected chi connectivity index (χ0v) is 90.8. The van der Waals surface area contributed by atoms with Gasteiger partial charge in [0.2, 0.25) is 35.4 Å². The Kier molecular flexibility index (Phi) is 49.8. The summed E-state index contributed by atoms with van der Waals surface area (Å²) in [5.74, 6) is -3.16. The van der Waals surface area contributed by atoms with Crippen LogP contribution in [0.15, 0.2) is 83.8 Å². The molecule has 0 saturated carbocycles. The lowest BCUT2D eigenvalue weighted by Gasteiger charge is -2.41. The lowest BCUT2D eigenvalue weighted by atomic mass is 9.83. The molecular weight excluding hydrogens is 1810 g/mol. The maximum Gasteiger partial charge on any atom is 0.410 e. The zero-order chi connectivity index (χ0) is 104. The molecule has 0 bridgehead atoms. The van der Waals surface area contributed by atoms with Gasteiger partial charge >= 0.3 is 18.2 Å². The number of carboxylic acid groups (broad SMARTS) is 1. The molecule has 0 unspecified atom stereocenters. The summed E-state index contributed by atoms with van der Waals surface area (Å²) in [5, 5.41) is 21.3. The molecule has 139 heavy (non-hydrogen) atoms. The van der Waals surface area contributed by atoms with Crippen LogP contribution >= 0.6 is 22.7 Å². The number of carbonyl (C=O) groups is 10.